The van der Waals surface area contributed by atoms with Gasteiger partial charge in [-0.1, -0.05) is 5.21 Å². The van der Waals surface area contributed by atoms with Crippen LogP contribution in [0.2, 0.25) is 0 Å². The first kappa shape index (κ1) is 10.2. The van der Waals surface area contributed by atoms with E-state index in [0.29, 0.717) is 6.04 Å². The zero-order valence-corrected chi connectivity index (χ0v) is 9.46. The second-order valence-corrected chi connectivity index (χ2v) is 4.84. The summed E-state index contributed by atoms with van der Waals surface area (Å²) < 4.78 is 7.46. The minimum absolute atomic E-state index is 0.534. The van der Waals surface area contributed by atoms with Crippen molar-refractivity contribution in [3.8, 4) is 0 Å². The highest BCUT2D eigenvalue weighted by Crippen LogP contribution is 2.23. The zero-order chi connectivity index (χ0) is 10.8. The van der Waals surface area contributed by atoms with Gasteiger partial charge in [0.1, 0.15) is 0 Å². The van der Waals surface area contributed by atoms with E-state index in [2.05, 4.69) is 15.2 Å². The molecule has 5 nitrogen and oxygen atoms in total. The molecule has 0 saturated carbocycles. The molecule has 16 heavy (non-hydrogen) atoms. The third kappa shape index (κ3) is 2.10. The largest absolute Gasteiger partial charge is 0.381 e. The molecule has 0 aliphatic carbocycles. The summed E-state index contributed by atoms with van der Waals surface area (Å²) in [5, 5.41) is 7.88. The van der Waals surface area contributed by atoms with Gasteiger partial charge in [-0.25, -0.2) is 4.68 Å². The maximum atomic E-state index is 5.50. The number of likely N-dealkylation sites (tertiary alicyclic amines) is 1. The molecule has 1 unspecified atom stereocenters. The summed E-state index contributed by atoms with van der Waals surface area (Å²) in [6.07, 6.45) is 6.25. The van der Waals surface area contributed by atoms with Gasteiger partial charge in [0, 0.05) is 32.4 Å². The summed E-state index contributed by atoms with van der Waals surface area (Å²) in [4.78, 5) is 2.49. The molecular weight excluding hydrogens is 204 g/mol. The third-order valence-corrected chi connectivity index (χ3v) is 3.52. The number of rotatable bonds is 3. The summed E-state index contributed by atoms with van der Waals surface area (Å²) >= 11 is 0. The van der Waals surface area contributed by atoms with Crippen LogP contribution in [0.5, 0.6) is 0 Å². The van der Waals surface area contributed by atoms with Gasteiger partial charge < -0.3 is 4.74 Å². The monoisotopic (exact) mass is 222 g/mol. The molecule has 0 N–H and O–H groups in total. The smallest absolute Gasteiger partial charge is 0.0790 e. The van der Waals surface area contributed by atoms with E-state index in [0.717, 1.165) is 32.2 Å². The fourth-order valence-corrected chi connectivity index (χ4v) is 2.59. The van der Waals surface area contributed by atoms with Gasteiger partial charge in [0.05, 0.1) is 18.8 Å². The van der Waals surface area contributed by atoms with Crippen molar-refractivity contribution in [3.63, 3.8) is 0 Å². The highest BCUT2D eigenvalue weighted by atomic mass is 16.5. The molecule has 1 aromatic rings. The molecule has 2 aliphatic heterocycles. The first-order valence-corrected chi connectivity index (χ1v) is 6.08. The maximum Gasteiger partial charge on any atom is 0.0790 e. The molecule has 0 amide bonds. The quantitative estimate of drug-likeness (QED) is 0.749. The topological polar surface area (TPSA) is 43.2 Å². The van der Waals surface area contributed by atoms with E-state index < -0.39 is 0 Å². The van der Waals surface area contributed by atoms with Crippen LogP contribution in [0.4, 0.5) is 0 Å². The lowest BCUT2D eigenvalue weighted by atomic mass is 9.99. The van der Waals surface area contributed by atoms with E-state index in [-0.39, 0.29) is 0 Å². The van der Waals surface area contributed by atoms with E-state index in [1.54, 1.807) is 6.20 Å². The predicted octanol–water partition coefficient (Wildman–Crippen LogP) is 0.561. The molecule has 0 aromatic carbocycles. The molecule has 2 saturated heterocycles. The summed E-state index contributed by atoms with van der Waals surface area (Å²) in [7, 11) is 0. The van der Waals surface area contributed by atoms with E-state index in [4.69, 9.17) is 4.74 Å². The van der Waals surface area contributed by atoms with Crippen LogP contribution >= 0.6 is 0 Å². The molecule has 2 fully saturated rings. The number of aromatic nitrogens is 3. The van der Waals surface area contributed by atoms with Crippen molar-refractivity contribution >= 4 is 0 Å². The molecule has 5 heteroatoms. The molecule has 2 aliphatic rings. The molecule has 3 heterocycles. The minimum atomic E-state index is 0.534. The molecule has 1 atom stereocenters. The number of hydrogen-bond acceptors (Lipinski definition) is 4. The van der Waals surface area contributed by atoms with Crippen LogP contribution in [-0.4, -0.2) is 52.7 Å². The maximum absolute atomic E-state index is 5.50. The van der Waals surface area contributed by atoms with E-state index >= 15 is 0 Å². The van der Waals surface area contributed by atoms with Crippen molar-refractivity contribution in [1.29, 1.82) is 0 Å². The first-order valence-electron chi connectivity index (χ1n) is 6.08. The van der Waals surface area contributed by atoms with Gasteiger partial charge in [-0.05, 0) is 18.8 Å². The van der Waals surface area contributed by atoms with E-state index in [9.17, 15) is 0 Å². The lowest BCUT2D eigenvalue weighted by molar-refractivity contribution is 0.0123. The second kappa shape index (κ2) is 4.51. The van der Waals surface area contributed by atoms with E-state index in [1.807, 2.05) is 10.9 Å². The van der Waals surface area contributed by atoms with Crippen LogP contribution in [0.1, 0.15) is 18.9 Å². The molecule has 1 aromatic heterocycles. The lowest BCUT2D eigenvalue weighted by Crippen LogP contribution is -2.50. The third-order valence-electron chi connectivity index (χ3n) is 3.52. The Balaban J connectivity index is 1.43. The SMILES string of the molecule is c1cn(C2CN(CC3CCCOC3)C2)nn1. The average molecular weight is 222 g/mol. The Morgan fingerprint density at radius 3 is 3.00 bits per heavy atom. The van der Waals surface area contributed by atoms with Crippen molar-refractivity contribution in [3.05, 3.63) is 12.4 Å². The van der Waals surface area contributed by atoms with Crippen molar-refractivity contribution < 1.29 is 4.74 Å². The fourth-order valence-electron chi connectivity index (χ4n) is 2.59. The van der Waals surface area contributed by atoms with Crippen LogP contribution in [0, 0.1) is 5.92 Å². The van der Waals surface area contributed by atoms with Gasteiger partial charge in [-0.2, -0.15) is 0 Å². The van der Waals surface area contributed by atoms with Gasteiger partial charge in [-0.3, -0.25) is 4.90 Å². The van der Waals surface area contributed by atoms with Gasteiger partial charge in [0.25, 0.3) is 0 Å². The number of ether oxygens (including phenoxy) is 1. The predicted molar refractivity (Wildman–Crippen MR) is 59.0 cm³/mol. The van der Waals surface area contributed by atoms with Crippen LogP contribution < -0.4 is 0 Å². The van der Waals surface area contributed by atoms with Crippen LogP contribution in [0.15, 0.2) is 12.4 Å². The fraction of sp³-hybridized carbons (Fsp3) is 0.818. The highest BCUT2D eigenvalue weighted by molar-refractivity contribution is 4.87. The van der Waals surface area contributed by atoms with E-state index in [1.165, 1.54) is 19.4 Å². The Morgan fingerprint density at radius 2 is 2.31 bits per heavy atom. The zero-order valence-electron chi connectivity index (χ0n) is 9.46. The Hall–Kier alpha value is -0.940. The standard InChI is InChI=1S/C11H18N4O/c1-2-10(9-16-5-1)6-14-7-11(8-14)15-4-3-12-13-15/h3-4,10-11H,1-2,5-9H2. The molecular formula is C11H18N4O. The highest BCUT2D eigenvalue weighted by Gasteiger charge is 2.30. The molecule has 0 spiro atoms. The Labute approximate surface area is 95.4 Å². The second-order valence-electron chi connectivity index (χ2n) is 4.84. The van der Waals surface area contributed by atoms with Gasteiger partial charge in [0.2, 0.25) is 0 Å². The van der Waals surface area contributed by atoms with Crippen LogP contribution in [0.25, 0.3) is 0 Å². The van der Waals surface area contributed by atoms with Gasteiger partial charge in [0.15, 0.2) is 0 Å². The van der Waals surface area contributed by atoms with Gasteiger partial charge in [-0.15, -0.1) is 5.10 Å². The van der Waals surface area contributed by atoms with Crippen molar-refractivity contribution in [2.75, 3.05) is 32.8 Å². The van der Waals surface area contributed by atoms with Crippen molar-refractivity contribution in [1.82, 2.24) is 19.9 Å². The molecule has 3 rings (SSSR count). The molecule has 88 valence electrons. The van der Waals surface area contributed by atoms with Gasteiger partial charge >= 0.3 is 0 Å². The minimum Gasteiger partial charge on any atom is -0.381 e. The molecule has 0 radical (unpaired) electrons. The Morgan fingerprint density at radius 1 is 1.38 bits per heavy atom. The Kier molecular flexibility index (Phi) is 2.88. The average Bonchev–Trinajstić information content (AvgIpc) is 2.77. The summed E-state index contributed by atoms with van der Waals surface area (Å²) in [6, 6.07) is 0.534. The number of nitrogens with zero attached hydrogens (tertiary/aromatic N) is 4. The number of hydrogen-bond donors (Lipinski definition) is 0. The lowest BCUT2D eigenvalue weighted by Gasteiger charge is -2.41. The van der Waals surface area contributed by atoms with Crippen molar-refractivity contribution in [2.45, 2.75) is 18.9 Å². The van der Waals surface area contributed by atoms with Crippen molar-refractivity contribution in [2.24, 2.45) is 5.92 Å². The van der Waals surface area contributed by atoms with Crippen LogP contribution in [0.3, 0.4) is 0 Å². The summed E-state index contributed by atoms with van der Waals surface area (Å²) in [5.74, 6) is 0.741. The molecule has 0 bridgehead atoms. The first-order chi connectivity index (χ1) is 7.92. The summed E-state index contributed by atoms with van der Waals surface area (Å²) in [5.41, 5.74) is 0. The normalized spacial score (nSPS) is 27.9. The Bertz CT molecular complexity index is 315. The van der Waals surface area contributed by atoms with Crippen LogP contribution in [-0.2, 0) is 4.74 Å². The summed E-state index contributed by atoms with van der Waals surface area (Å²) in [6.45, 7) is 5.31.